The lowest BCUT2D eigenvalue weighted by Crippen LogP contribution is -2.17. The number of hydrogen-bond donors (Lipinski definition) is 1. The Morgan fingerprint density at radius 1 is 0.933 bits per heavy atom. The Morgan fingerprint density at radius 3 is 2.43 bits per heavy atom. The van der Waals surface area contributed by atoms with Crippen molar-refractivity contribution in [3.05, 3.63) is 56.0 Å². The molecule has 0 unspecified atom stereocenters. The smallest absolute Gasteiger partial charge is 0.162 e. The number of nitrogens with one attached hydrogen (secondary N) is 1. The van der Waals surface area contributed by atoms with Gasteiger partial charge in [0.25, 0.3) is 0 Å². The van der Waals surface area contributed by atoms with Gasteiger partial charge in [-0.1, -0.05) is 58.5 Å². The molecular formula is C23H30BrCl2NO3. The topological polar surface area (TPSA) is 39.7 Å². The van der Waals surface area contributed by atoms with Crippen LogP contribution in [-0.2, 0) is 17.9 Å². The summed E-state index contributed by atoms with van der Waals surface area (Å²) in [6.45, 7) is 8.29. The number of hydrogen-bond acceptors (Lipinski definition) is 4. The van der Waals surface area contributed by atoms with E-state index in [1.54, 1.807) is 12.1 Å². The monoisotopic (exact) mass is 517 g/mol. The van der Waals surface area contributed by atoms with E-state index in [-0.39, 0.29) is 0 Å². The normalized spacial score (nSPS) is 11.0. The van der Waals surface area contributed by atoms with Gasteiger partial charge >= 0.3 is 0 Å². The number of unbranched alkanes of at least 4 members (excludes halogenated alkanes) is 1. The maximum atomic E-state index is 6.25. The van der Waals surface area contributed by atoms with Gasteiger partial charge in [0.2, 0.25) is 0 Å². The molecule has 2 rings (SSSR count). The number of benzene rings is 2. The van der Waals surface area contributed by atoms with E-state index in [9.17, 15) is 0 Å². The zero-order valence-corrected chi connectivity index (χ0v) is 20.7. The van der Waals surface area contributed by atoms with E-state index in [2.05, 4.69) is 28.2 Å². The quantitative estimate of drug-likeness (QED) is 0.272. The predicted molar refractivity (Wildman–Crippen MR) is 128 cm³/mol. The van der Waals surface area contributed by atoms with Gasteiger partial charge in [0.05, 0.1) is 6.61 Å². The minimum Gasteiger partial charge on any atom is -0.490 e. The maximum absolute atomic E-state index is 6.25. The summed E-state index contributed by atoms with van der Waals surface area (Å²) in [6.07, 6.45) is 3.28. The van der Waals surface area contributed by atoms with Crippen LogP contribution in [0.3, 0.4) is 0 Å². The van der Waals surface area contributed by atoms with Crippen LogP contribution in [0, 0.1) is 0 Å². The van der Waals surface area contributed by atoms with Crippen LogP contribution in [0.4, 0.5) is 0 Å². The molecule has 166 valence electrons. The molecule has 2 aromatic rings. The molecule has 0 aliphatic rings. The van der Waals surface area contributed by atoms with Gasteiger partial charge in [-0.05, 0) is 56.1 Å². The molecule has 0 atom stereocenters. The van der Waals surface area contributed by atoms with Gasteiger partial charge in [-0.25, -0.2) is 0 Å². The summed E-state index contributed by atoms with van der Waals surface area (Å²) in [7, 11) is 0. The van der Waals surface area contributed by atoms with Crippen molar-refractivity contribution in [2.24, 2.45) is 0 Å². The van der Waals surface area contributed by atoms with E-state index in [0.29, 0.717) is 34.8 Å². The van der Waals surface area contributed by atoms with Crippen molar-refractivity contribution in [2.45, 2.75) is 46.3 Å². The summed E-state index contributed by atoms with van der Waals surface area (Å²) < 4.78 is 18.4. The van der Waals surface area contributed by atoms with Gasteiger partial charge in [-0.2, -0.15) is 0 Å². The average molecular weight is 519 g/mol. The van der Waals surface area contributed by atoms with Crippen LogP contribution >= 0.6 is 39.1 Å². The summed E-state index contributed by atoms with van der Waals surface area (Å²) in [5.41, 5.74) is 1.98. The molecule has 0 saturated carbocycles. The van der Waals surface area contributed by atoms with Gasteiger partial charge in [0, 0.05) is 39.8 Å². The lowest BCUT2D eigenvalue weighted by Gasteiger charge is -2.16. The molecule has 2 aromatic carbocycles. The van der Waals surface area contributed by atoms with Gasteiger partial charge < -0.3 is 19.5 Å². The Balaban J connectivity index is 1.92. The molecule has 0 spiro atoms. The summed E-state index contributed by atoms with van der Waals surface area (Å²) in [5.74, 6) is 1.38. The Bertz CT molecular complexity index is 789. The fraction of sp³-hybridized carbons (Fsp3) is 0.478. The third kappa shape index (κ3) is 8.64. The number of rotatable bonds is 14. The van der Waals surface area contributed by atoms with Crippen LogP contribution in [0.1, 0.15) is 44.2 Å². The second-order valence-electron chi connectivity index (χ2n) is 6.84. The molecule has 1 N–H and O–H groups in total. The molecule has 30 heavy (non-hydrogen) atoms. The Hall–Kier alpha value is -0.980. The summed E-state index contributed by atoms with van der Waals surface area (Å²) >= 11 is 15.9. The highest BCUT2D eigenvalue weighted by Gasteiger charge is 2.12. The molecule has 4 nitrogen and oxygen atoms in total. The van der Waals surface area contributed by atoms with Crippen LogP contribution in [0.2, 0.25) is 10.0 Å². The lowest BCUT2D eigenvalue weighted by atomic mass is 10.2. The highest BCUT2D eigenvalue weighted by Crippen LogP contribution is 2.35. The SMILES string of the molecule is CCCCOCCCNCc1cc(OCC)c(OCc2ccc(Cl)cc2Cl)cc1Br. The van der Waals surface area contributed by atoms with Gasteiger partial charge in [-0.15, -0.1) is 0 Å². The van der Waals surface area contributed by atoms with E-state index >= 15 is 0 Å². The molecular weight excluding hydrogens is 489 g/mol. The first-order chi connectivity index (χ1) is 14.5. The van der Waals surface area contributed by atoms with Crippen molar-refractivity contribution in [2.75, 3.05) is 26.4 Å². The number of ether oxygens (including phenoxy) is 3. The molecule has 0 radical (unpaired) electrons. The fourth-order valence-corrected chi connectivity index (χ4v) is 3.68. The first-order valence-electron chi connectivity index (χ1n) is 10.4. The molecule has 0 bridgehead atoms. The predicted octanol–water partition coefficient (Wildman–Crippen LogP) is 7.03. The maximum Gasteiger partial charge on any atom is 0.162 e. The van der Waals surface area contributed by atoms with Gasteiger partial charge in [-0.3, -0.25) is 0 Å². The van der Waals surface area contributed by atoms with E-state index in [1.165, 1.54) is 6.42 Å². The van der Waals surface area contributed by atoms with Gasteiger partial charge in [0.15, 0.2) is 11.5 Å². The second-order valence-corrected chi connectivity index (χ2v) is 8.54. The molecule has 0 fully saturated rings. The van der Waals surface area contributed by atoms with E-state index in [4.69, 9.17) is 37.4 Å². The Morgan fingerprint density at radius 2 is 1.70 bits per heavy atom. The standard InChI is InChI=1S/C23H30BrCl2NO3/c1-3-5-10-28-11-6-9-27-15-18-12-22(29-4-2)23(14-20(18)24)30-16-17-7-8-19(25)13-21(17)26/h7-8,12-14,27H,3-6,9-11,15-16H2,1-2H3. The average Bonchev–Trinajstić information content (AvgIpc) is 2.72. The van der Waals surface area contributed by atoms with E-state index in [0.717, 1.165) is 54.7 Å². The third-order valence-electron chi connectivity index (χ3n) is 4.41. The van der Waals surface area contributed by atoms with Crippen LogP contribution < -0.4 is 14.8 Å². The first-order valence-corrected chi connectivity index (χ1v) is 11.9. The lowest BCUT2D eigenvalue weighted by molar-refractivity contribution is 0.128. The third-order valence-corrected chi connectivity index (χ3v) is 5.74. The molecule has 7 heteroatoms. The van der Waals surface area contributed by atoms with Crippen molar-refractivity contribution in [3.8, 4) is 11.5 Å². The Labute approximate surface area is 198 Å². The second kappa shape index (κ2) is 14.2. The Kier molecular flexibility index (Phi) is 11.9. The minimum absolute atomic E-state index is 0.331. The van der Waals surface area contributed by atoms with Crippen molar-refractivity contribution in [3.63, 3.8) is 0 Å². The molecule has 0 saturated heterocycles. The number of halogens is 3. The largest absolute Gasteiger partial charge is 0.490 e. The zero-order chi connectivity index (χ0) is 21.8. The van der Waals surface area contributed by atoms with Crippen LogP contribution in [-0.4, -0.2) is 26.4 Å². The van der Waals surface area contributed by atoms with Crippen molar-refractivity contribution in [1.82, 2.24) is 5.32 Å². The highest BCUT2D eigenvalue weighted by atomic mass is 79.9. The van der Waals surface area contributed by atoms with Crippen LogP contribution in [0.5, 0.6) is 11.5 Å². The molecule has 0 aliphatic heterocycles. The summed E-state index contributed by atoms with van der Waals surface area (Å²) in [5, 5.41) is 4.64. The highest BCUT2D eigenvalue weighted by molar-refractivity contribution is 9.10. The van der Waals surface area contributed by atoms with Crippen LogP contribution in [0.15, 0.2) is 34.8 Å². The molecule has 0 aliphatic carbocycles. The fourth-order valence-electron chi connectivity index (χ4n) is 2.76. The minimum atomic E-state index is 0.331. The molecule has 0 aromatic heterocycles. The van der Waals surface area contributed by atoms with Crippen molar-refractivity contribution in [1.29, 1.82) is 0 Å². The summed E-state index contributed by atoms with van der Waals surface area (Å²) in [6, 6.07) is 9.33. The molecule has 0 amide bonds. The van der Waals surface area contributed by atoms with Crippen molar-refractivity contribution >= 4 is 39.1 Å². The van der Waals surface area contributed by atoms with Gasteiger partial charge in [0.1, 0.15) is 6.61 Å². The summed E-state index contributed by atoms with van der Waals surface area (Å²) in [4.78, 5) is 0. The van der Waals surface area contributed by atoms with Crippen molar-refractivity contribution < 1.29 is 14.2 Å². The molecule has 0 heterocycles. The zero-order valence-electron chi connectivity index (χ0n) is 17.6. The van der Waals surface area contributed by atoms with Crippen LogP contribution in [0.25, 0.3) is 0 Å². The van der Waals surface area contributed by atoms with E-state index < -0.39 is 0 Å². The van der Waals surface area contributed by atoms with E-state index in [1.807, 2.05) is 25.1 Å². The first kappa shape index (κ1) is 25.3.